The molecule has 0 saturated carbocycles. The average Bonchev–Trinajstić information content (AvgIpc) is 2.68. The molecule has 0 amide bonds. The topological polar surface area (TPSA) is 54.9 Å². The minimum Gasteiger partial charge on any atom is -0.467 e. The maximum Gasteiger partial charge on any atom is 0.191 e. The summed E-state index contributed by atoms with van der Waals surface area (Å²) in [5.74, 6) is 1.40. The fourth-order valence-corrected chi connectivity index (χ4v) is 3.05. The number of nitrogens with one attached hydrogen (secondary N) is 2. The van der Waals surface area contributed by atoms with Gasteiger partial charge in [0.25, 0.3) is 0 Å². The van der Waals surface area contributed by atoms with Crippen LogP contribution in [0, 0.1) is 12.7 Å². The molecule has 1 heterocycles. The van der Waals surface area contributed by atoms with Gasteiger partial charge in [-0.15, -0.1) is 24.0 Å². The zero-order valence-corrected chi connectivity index (χ0v) is 18.8. The fraction of sp³-hybridized carbons (Fsp3) is 0.381. The van der Waals surface area contributed by atoms with E-state index >= 15 is 0 Å². The molecule has 3 rings (SSSR count). The molecule has 28 heavy (non-hydrogen) atoms. The Balaban J connectivity index is 0.00000280. The van der Waals surface area contributed by atoms with Gasteiger partial charge in [0.1, 0.15) is 11.6 Å². The normalized spacial score (nSPS) is 14.4. The maximum atomic E-state index is 13.8. The molecule has 1 atom stereocenters. The Labute approximate surface area is 182 Å². The van der Waals surface area contributed by atoms with Crippen molar-refractivity contribution in [2.75, 3.05) is 20.4 Å². The highest BCUT2D eigenvalue weighted by Crippen LogP contribution is 2.29. The van der Waals surface area contributed by atoms with Gasteiger partial charge in [0.05, 0.1) is 6.61 Å². The van der Waals surface area contributed by atoms with Gasteiger partial charge in [-0.2, -0.15) is 0 Å². The Bertz CT molecular complexity index is 812. The lowest BCUT2D eigenvalue weighted by Gasteiger charge is -2.22. The first-order chi connectivity index (χ1) is 13.1. The first kappa shape index (κ1) is 22.4. The van der Waals surface area contributed by atoms with Gasteiger partial charge in [0, 0.05) is 31.3 Å². The number of benzene rings is 2. The second-order valence-corrected chi connectivity index (χ2v) is 6.78. The summed E-state index contributed by atoms with van der Waals surface area (Å²) in [6.45, 7) is 5.96. The van der Waals surface area contributed by atoms with Crippen LogP contribution in [0.15, 0.2) is 41.4 Å². The summed E-state index contributed by atoms with van der Waals surface area (Å²) in [5, 5.41) is 6.56. The van der Waals surface area contributed by atoms with Crippen molar-refractivity contribution in [2.45, 2.75) is 32.9 Å². The molecule has 5 nitrogen and oxygen atoms in total. The van der Waals surface area contributed by atoms with E-state index in [0.717, 1.165) is 17.7 Å². The molecule has 2 aromatic carbocycles. The predicted molar refractivity (Wildman–Crippen MR) is 120 cm³/mol. The highest BCUT2D eigenvalue weighted by atomic mass is 127. The smallest absolute Gasteiger partial charge is 0.191 e. The lowest BCUT2D eigenvalue weighted by molar-refractivity contribution is -0.0172. The monoisotopic (exact) mass is 499 g/mol. The highest BCUT2D eigenvalue weighted by molar-refractivity contribution is 14.0. The van der Waals surface area contributed by atoms with Crippen molar-refractivity contribution in [1.29, 1.82) is 0 Å². The number of hydrogen-bond acceptors (Lipinski definition) is 3. The van der Waals surface area contributed by atoms with E-state index in [1.165, 1.54) is 23.3 Å². The number of rotatable bonds is 5. The van der Waals surface area contributed by atoms with E-state index < -0.39 is 0 Å². The van der Waals surface area contributed by atoms with E-state index in [-0.39, 0.29) is 36.6 Å². The lowest BCUT2D eigenvalue weighted by atomic mass is 10.0. The summed E-state index contributed by atoms with van der Waals surface area (Å²) in [6.07, 6.45) is 0. The molecule has 0 saturated heterocycles. The Hall–Kier alpha value is -1.87. The molecule has 0 bridgehead atoms. The van der Waals surface area contributed by atoms with Crippen molar-refractivity contribution in [3.05, 3.63) is 64.5 Å². The first-order valence-corrected chi connectivity index (χ1v) is 9.09. The number of nitrogens with zero attached hydrogens (tertiary/aromatic N) is 1. The first-order valence-electron chi connectivity index (χ1n) is 9.09. The standard InChI is InChI=1S/C21H26FN3O2.HI/c1-14-4-6-16(7-5-14)15(2)10-24-21(23-3)25-11-17-8-19(22)9-18-12-26-13-27-20(17)18;/h4-9,15H,10-13H2,1-3H3,(H2,23,24,25);1H. The van der Waals surface area contributed by atoms with Crippen LogP contribution in [0.3, 0.4) is 0 Å². The van der Waals surface area contributed by atoms with Crippen molar-refractivity contribution in [3.63, 3.8) is 0 Å². The van der Waals surface area contributed by atoms with Crippen LogP contribution in [-0.2, 0) is 17.9 Å². The zero-order valence-electron chi connectivity index (χ0n) is 16.4. The SMILES string of the molecule is CN=C(NCc1cc(F)cc2c1OCOC2)NCC(C)c1ccc(C)cc1.I. The van der Waals surface area contributed by atoms with Crippen LogP contribution in [0.4, 0.5) is 4.39 Å². The number of aliphatic imine (C=N–C) groups is 1. The molecule has 0 fully saturated rings. The Morgan fingerprint density at radius 1 is 1.21 bits per heavy atom. The maximum absolute atomic E-state index is 13.8. The molecule has 1 aliphatic rings. The fourth-order valence-electron chi connectivity index (χ4n) is 3.05. The van der Waals surface area contributed by atoms with Crippen molar-refractivity contribution in [3.8, 4) is 5.75 Å². The molecule has 0 aliphatic carbocycles. The molecule has 152 valence electrons. The van der Waals surface area contributed by atoms with Crippen LogP contribution in [0.25, 0.3) is 0 Å². The van der Waals surface area contributed by atoms with E-state index in [4.69, 9.17) is 9.47 Å². The van der Waals surface area contributed by atoms with E-state index in [2.05, 4.69) is 53.7 Å². The molecular weight excluding hydrogens is 472 g/mol. The van der Waals surface area contributed by atoms with Crippen molar-refractivity contribution < 1.29 is 13.9 Å². The van der Waals surface area contributed by atoms with Gasteiger partial charge in [0.2, 0.25) is 0 Å². The third kappa shape index (κ3) is 5.81. The summed E-state index contributed by atoms with van der Waals surface area (Å²) < 4.78 is 24.6. The van der Waals surface area contributed by atoms with Crippen LogP contribution in [-0.4, -0.2) is 26.3 Å². The highest BCUT2D eigenvalue weighted by Gasteiger charge is 2.17. The second-order valence-electron chi connectivity index (χ2n) is 6.78. The van der Waals surface area contributed by atoms with Gasteiger partial charge in [-0.25, -0.2) is 4.39 Å². The quantitative estimate of drug-likeness (QED) is 0.370. The number of guanidine groups is 1. The van der Waals surface area contributed by atoms with Gasteiger partial charge in [0.15, 0.2) is 12.8 Å². The average molecular weight is 499 g/mol. The number of aryl methyl sites for hydroxylation is 1. The third-order valence-corrected chi connectivity index (χ3v) is 4.64. The Kier molecular flexibility index (Phi) is 8.50. The molecule has 2 aromatic rings. The summed E-state index contributed by atoms with van der Waals surface area (Å²) in [7, 11) is 1.72. The molecular formula is C21H27FIN3O2. The van der Waals surface area contributed by atoms with Gasteiger partial charge in [-0.3, -0.25) is 4.99 Å². The molecule has 2 N–H and O–H groups in total. The molecule has 0 aromatic heterocycles. The van der Waals surface area contributed by atoms with Crippen LogP contribution in [0.1, 0.15) is 35.1 Å². The van der Waals surface area contributed by atoms with Crippen LogP contribution in [0.2, 0.25) is 0 Å². The number of halogens is 2. The van der Waals surface area contributed by atoms with E-state index in [0.29, 0.717) is 30.8 Å². The van der Waals surface area contributed by atoms with Crippen LogP contribution >= 0.6 is 24.0 Å². The Morgan fingerprint density at radius 3 is 2.68 bits per heavy atom. The molecule has 7 heteroatoms. The third-order valence-electron chi connectivity index (χ3n) is 4.64. The van der Waals surface area contributed by atoms with Crippen molar-refractivity contribution in [1.82, 2.24) is 10.6 Å². The predicted octanol–water partition coefficient (Wildman–Crippen LogP) is 4.09. The molecule has 0 radical (unpaired) electrons. The van der Waals surface area contributed by atoms with E-state index in [1.807, 2.05) is 0 Å². The van der Waals surface area contributed by atoms with E-state index in [9.17, 15) is 4.39 Å². The van der Waals surface area contributed by atoms with Crippen LogP contribution in [0.5, 0.6) is 5.75 Å². The number of hydrogen-bond donors (Lipinski definition) is 2. The number of ether oxygens (including phenoxy) is 2. The zero-order chi connectivity index (χ0) is 19.2. The second kappa shape index (κ2) is 10.6. The van der Waals surface area contributed by atoms with Gasteiger partial charge >= 0.3 is 0 Å². The number of fused-ring (bicyclic) bond motifs is 1. The Morgan fingerprint density at radius 2 is 1.96 bits per heavy atom. The van der Waals surface area contributed by atoms with Gasteiger partial charge in [-0.05, 0) is 30.5 Å². The van der Waals surface area contributed by atoms with Gasteiger partial charge < -0.3 is 20.1 Å². The molecule has 0 spiro atoms. The van der Waals surface area contributed by atoms with Crippen molar-refractivity contribution in [2.24, 2.45) is 4.99 Å². The summed E-state index contributed by atoms with van der Waals surface area (Å²) in [6, 6.07) is 11.5. The summed E-state index contributed by atoms with van der Waals surface area (Å²) >= 11 is 0. The van der Waals surface area contributed by atoms with E-state index in [1.54, 1.807) is 7.05 Å². The lowest BCUT2D eigenvalue weighted by Crippen LogP contribution is -2.38. The summed E-state index contributed by atoms with van der Waals surface area (Å²) in [4.78, 5) is 4.25. The minimum atomic E-state index is -0.296. The summed E-state index contributed by atoms with van der Waals surface area (Å²) in [5.41, 5.74) is 4.01. The van der Waals surface area contributed by atoms with Gasteiger partial charge in [-0.1, -0.05) is 36.8 Å². The largest absolute Gasteiger partial charge is 0.467 e. The minimum absolute atomic E-state index is 0. The molecule has 1 aliphatic heterocycles. The van der Waals surface area contributed by atoms with Crippen LogP contribution < -0.4 is 15.4 Å². The molecule has 1 unspecified atom stereocenters. The van der Waals surface area contributed by atoms with Crippen molar-refractivity contribution >= 4 is 29.9 Å².